The number of unbranched alkanes of at least 4 members (excludes halogenated alkanes) is 4. The van der Waals surface area contributed by atoms with E-state index >= 15 is 0 Å². The zero-order valence-electron chi connectivity index (χ0n) is 15.0. The molecule has 1 saturated carbocycles. The first-order valence-electron chi connectivity index (χ1n) is 9.67. The molecule has 0 aromatic heterocycles. The third kappa shape index (κ3) is 6.35. The van der Waals surface area contributed by atoms with Crippen LogP contribution in [0.3, 0.4) is 0 Å². The lowest BCUT2D eigenvalue weighted by Gasteiger charge is -2.18. The van der Waals surface area contributed by atoms with Crippen LogP contribution in [0.1, 0.15) is 64.2 Å². The van der Waals surface area contributed by atoms with Gasteiger partial charge in [-0.3, -0.25) is 4.79 Å². The number of fused-ring (bicyclic) bond motifs is 1. The Morgan fingerprint density at radius 3 is 2.64 bits per heavy atom. The second-order valence-corrected chi connectivity index (χ2v) is 7.44. The van der Waals surface area contributed by atoms with E-state index in [4.69, 9.17) is 10.2 Å². The van der Waals surface area contributed by atoms with Gasteiger partial charge in [0.2, 0.25) is 0 Å². The highest BCUT2D eigenvalue weighted by Crippen LogP contribution is 2.48. The van der Waals surface area contributed by atoms with Gasteiger partial charge in [0.1, 0.15) is 0 Å². The van der Waals surface area contributed by atoms with E-state index in [2.05, 4.69) is 18.2 Å². The fraction of sp³-hybridized carbons (Fsp3) is 0.667. The summed E-state index contributed by atoms with van der Waals surface area (Å²) in [6.07, 6.45) is 18.4. The molecule has 25 heavy (non-hydrogen) atoms. The van der Waals surface area contributed by atoms with Crippen molar-refractivity contribution >= 4 is 5.97 Å². The number of aliphatic carboxylic acids is 1. The molecule has 0 heterocycles. The number of carboxylic acid groups (broad SMARTS) is 1. The Hall–Kier alpha value is -1.55. The van der Waals surface area contributed by atoms with E-state index in [1.807, 2.05) is 0 Å². The van der Waals surface area contributed by atoms with Crippen molar-refractivity contribution in [1.29, 1.82) is 0 Å². The predicted octanol–water partition coefficient (Wildman–Crippen LogP) is 4.76. The largest absolute Gasteiger partial charge is 0.516 e. The van der Waals surface area contributed by atoms with Gasteiger partial charge in [-0.15, -0.1) is 0 Å². The first-order chi connectivity index (χ1) is 12.1. The average molecular weight is 348 g/mol. The van der Waals surface area contributed by atoms with E-state index < -0.39 is 5.97 Å². The molecule has 0 bridgehead atoms. The standard InChI is InChI=1S/C21H32O4/c22-12-8-4-2-1-3-5-10-18-19-14-16(9-6-7-11-21(24)25)13-17(19)15-20(18)23/h5,8,10,12-13,17-20,22-23H,1-4,6-7,9,11,14-15H2,(H,24,25)/t17-,18+,19-,20+/m1/s1. The highest BCUT2D eigenvalue weighted by molar-refractivity contribution is 5.66. The predicted molar refractivity (Wildman–Crippen MR) is 99.3 cm³/mol. The molecule has 0 unspecified atom stereocenters. The first kappa shape index (κ1) is 19.8. The molecule has 2 aliphatic rings. The summed E-state index contributed by atoms with van der Waals surface area (Å²) in [7, 11) is 0. The summed E-state index contributed by atoms with van der Waals surface area (Å²) in [4.78, 5) is 10.6. The summed E-state index contributed by atoms with van der Waals surface area (Å²) in [5, 5.41) is 27.6. The molecule has 4 nitrogen and oxygen atoms in total. The highest BCUT2D eigenvalue weighted by atomic mass is 16.4. The molecule has 3 N–H and O–H groups in total. The van der Waals surface area contributed by atoms with Gasteiger partial charge in [-0.05, 0) is 69.6 Å². The molecule has 2 rings (SSSR count). The Bertz CT molecular complexity index is 506. The molecule has 1 fully saturated rings. The maximum Gasteiger partial charge on any atom is 0.303 e. The second kappa shape index (κ2) is 10.4. The number of aliphatic hydroxyl groups is 2. The topological polar surface area (TPSA) is 77.8 Å². The van der Waals surface area contributed by atoms with E-state index in [9.17, 15) is 9.90 Å². The van der Waals surface area contributed by atoms with Crippen LogP contribution in [0.2, 0.25) is 0 Å². The maximum absolute atomic E-state index is 10.6. The Morgan fingerprint density at radius 2 is 1.92 bits per heavy atom. The second-order valence-electron chi connectivity index (χ2n) is 7.44. The van der Waals surface area contributed by atoms with Crippen LogP contribution in [-0.2, 0) is 4.79 Å². The van der Waals surface area contributed by atoms with Gasteiger partial charge in [0.15, 0.2) is 0 Å². The van der Waals surface area contributed by atoms with Crippen LogP contribution < -0.4 is 0 Å². The number of aliphatic hydroxyl groups excluding tert-OH is 2. The summed E-state index contributed by atoms with van der Waals surface area (Å²) >= 11 is 0. The van der Waals surface area contributed by atoms with Crippen molar-refractivity contribution in [3.05, 3.63) is 36.1 Å². The minimum absolute atomic E-state index is 0.228. The molecule has 2 aliphatic carbocycles. The molecule has 0 spiro atoms. The smallest absolute Gasteiger partial charge is 0.303 e. The van der Waals surface area contributed by atoms with Crippen molar-refractivity contribution in [2.75, 3.05) is 0 Å². The van der Waals surface area contributed by atoms with Crippen LogP contribution in [0.25, 0.3) is 0 Å². The zero-order chi connectivity index (χ0) is 18.1. The van der Waals surface area contributed by atoms with Crippen molar-refractivity contribution in [2.45, 2.75) is 70.3 Å². The fourth-order valence-electron chi connectivity index (χ4n) is 4.27. The van der Waals surface area contributed by atoms with Gasteiger partial charge in [0.25, 0.3) is 0 Å². The first-order valence-corrected chi connectivity index (χ1v) is 9.67. The van der Waals surface area contributed by atoms with Crippen molar-refractivity contribution < 1.29 is 20.1 Å². The number of allylic oxidation sites excluding steroid dienone is 4. The lowest BCUT2D eigenvalue weighted by molar-refractivity contribution is -0.137. The number of hydrogen-bond acceptors (Lipinski definition) is 3. The van der Waals surface area contributed by atoms with Crippen molar-refractivity contribution in [3.8, 4) is 0 Å². The molecular weight excluding hydrogens is 316 g/mol. The zero-order valence-corrected chi connectivity index (χ0v) is 15.0. The van der Waals surface area contributed by atoms with Crippen molar-refractivity contribution in [3.63, 3.8) is 0 Å². The highest BCUT2D eigenvalue weighted by Gasteiger charge is 2.42. The van der Waals surface area contributed by atoms with Gasteiger partial charge in [-0.25, -0.2) is 0 Å². The summed E-state index contributed by atoms with van der Waals surface area (Å²) in [5.74, 6) is 0.569. The normalized spacial score (nSPS) is 28.8. The summed E-state index contributed by atoms with van der Waals surface area (Å²) < 4.78 is 0. The monoisotopic (exact) mass is 348 g/mol. The summed E-state index contributed by atoms with van der Waals surface area (Å²) in [6.45, 7) is 0. The summed E-state index contributed by atoms with van der Waals surface area (Å²) in [6, 6.07) is 0. The molecule has 0 aliphatic heterocycles. The van der Waals surface area contributed by atoms with Crippen LogP contribution in [0.4, 0.5) is 0 Å². The number of rotatable bonds is 11. The molecule has 0 amide bonds. The van der Waals surface area contributed by atoms with Gasteiger partial charge >= 0.3 is 5.97 Å². The lowest BCUT2D eigenvalue weighted by atomic mass is 9.88. The van der Waals surface area contributed by atoms with Crippen LogP contribution >= 0.6 is 0 Å². The van der Waals surface area contributed by atoms with Gasteiger partial charge in [-0.1, -0.05) is 29.9 Å². The van der Waals surface area contributed by atoms with Crippen LogP contribution in [0.15, 0.2) is 36.1 Å². The fourth-order valence-corrected chi connectivity index (χ4v) is 4.27. The molecule has 0 radical (unpaired) electrons. The van der Waals surface area contributed by atoms with Gasteiger partial charge in [-0.2, -0.15) is 0 Å². The molecule has 0 saturated heterocycles. The van der Waals surface area contributed by atoms with E-state index in [1.165, 1.54) is 5.57 Å². The minimum atomic E-state index is -0.710. The van der Waals surface area contributed by atoms with Crippen molar-refractivity contribution in [1.82, 2.24) is 0 Å². The minimum Gasteiger partial charge on any atom is -0.516 e. The molecule has 0 aromatic rings. The average Bonchev–Trinajstić information content (AvgIpc) is 3.08. The van der Waals surface area contributed by atoms with Gasteiger partial charge in [0.05, 0.1) is 12.4 Å². The maximum atomic E-state index is 10.6. The molecular formula is C21H32O4. The van der Waals surface area contributed by atoms with Crippen molar-refractivity contribution in [2.24, 2.45) is 17.8 Å². The molecule has 0 aromatic carbocycles. The Labute approximate surface area is 151 Å². The molecule has 4 atom stereocenters. The number of carbonyl (C=O) groups is 1. The van der Waals surface area contributed by atoms with E-state index in [0.717, 1.165) is 64.0 Å². The van der Waals surface area contributed by atoms with Gasteiger partial charge < -0.3 is 15.3 Å². The Balaban J connectivity index is 1.71. The van der Waals surface area contributed by atoms with E-state index in [0.29, 0.717) is 11.8 Å². The SMILES string of the molecule is O=C(O)CCCCC1=C[C@@H]2C[C@H](O)[C@@H](C=CCCCCC=CO)[C@@H]2C1. The quantitative estimate of drug-likeness (QED) is 0.286. The van der Waals surface area contributed by atoms with E-state index in [-0.39, 0.29) is 18.4 Å². The van der Waals surface area contributed by atoms with E-state index in [1.54, 1.807) is 6.08 Å². The van der Waals surface area contributed by atoms with Crippen LogP contribution in [-0.4, -0.2) is 27.4 Å². The third-order valence-electron chi connectivity index (χ3n) is 5.54. The van der Waals surface area contributed by atoms with Gasteiger partial charge in [0, 0.05) is 12.3 Å². The molecule has 140 valence electrons. The summed E-state index contributed by atoms with van der Waals surface area (Å²) in [5.41, 5.74) is 1.46. The number of carboxylic acids is 1. The number of hydrogen-bond donors (Lipinski definition) is 3. The lowest BCUT2D eigenvalue weighted by Crippen LogP contribution is -2.17. The third-order valence-corrected chi connectivity index (χ3v) is 5.54. The van der Waals surface area contributed by atoms with Crippen LogP contribution in [0.5, 0.6) is 0 Å². The Kier molecular flexibility index (Phi) is 8.26. The Morgan fingerprint density at radius 1 is 1.16 bits per heavy atom. The van der Waals surface area contributed by atoms with Crippen LogP contribution in [0, 0.1) is 17.8 Å². The molecule has 4 heteroatoms.